The van der Waals surface area contributed by atoms with Gasteiger partial charge in [-0.25, -0.2) is 33.7 Å². The Morgan fingerprint density at radius 1 is 0.393 bits per heavy atom. The highest BCUT2D eigenvalue weighted by molar-refractivity contribution is 7.90. The number of carbonyl (C=O) groups is 4. The van der Waals surface area contributed by atoms with Gasteiger partial charge in [-0.05, 0) is 156 Å². The van der Waals surface area contributed by atoms with Gasteiger partial charge in [0.25, 0.3) is 63.7 Å². The summed E-state index contributed by atoms with van der Waals surface area (Å²) in [5, 5.41) is 11.9. The second-order valence-corrected chi connectivity index (χ2v) is 36.3. The molecule has 0 radical (unpaired) electrons. The van der Waals surface area contributed by atoms with E-state index >= 15 is 0 Å². The summed E-state index contributed by atoms with van der Waals surface area (Å²) in [4.78, 5) is 58.8. The smallest absolute Gasteiger partial charge is 0.259 e. The fourth-order valence-electron chi connectivity index (χ4n) is 12.5. The number of aryl methyl sites for hydroxylation is 1. The van der Waals surface area contributed by atoms with Crippen LogP contribution in [0.2, 0.25) is 0 Å². The third-order valence-corrected chi connectivity index (χ3v) is 22.8. The van der Waals surface area contributed by atoms with E-state index < -0.39 is 62.2 Å². The Morgan fingerprint density at radius 3 is 1.06 bits per heavy atom. The van der Waals surface area contributed by atoms with Gasteiger partial charge in [0.15, 0.2) is 0 Å². The van der Waals surface area contributed by atoms with Gasteiger partial charge >= 0.3 is 0 Å². The van der Waals surface area contributed by atoms with E-state index in [1.807, 2.05) is 103 Å². The third-order valence-electron chi connectivity index (χ3n) is 18.2. The van der Waals surface area contributed by atoms with E-state index in [1.54, 1.807) is 146 Å². The number of pyridine rings is 2. The van der Waals surface area contributed by atoms with Crippen LogP contribution in [0.4, 0.5) is 0 Å². The quantitative estimate of drug-likeness (QED) is 0.0314. The summed E-state index contributed by atoms with van der Waals surface area (Å²) < 4.78 is 132. The minimum atomic E-state index is -3.63. The Labute approximate surface area is 680 Å². The van der Waals surface area contributed by atoms with Crippen molar-refractivity contribution in [1.82, 2.24) is 31.2 Å². The van der Waals surface area contributed by atoms with Crippen LogP contribution in [-0.4, -0.2) is 139 Å². The molecule has 0 unspecified atom stereocenters. The summed E-state index contributed by atoms with van der Waals surface area (Å²) >= 11 is 0. The molecular weight excluding hydrogens is 1580 g/mol. The molecule has 6 heterocycles. The zero-order valence-electron chi connectivity index (χ0n) is 64.5. The van der Waals surface area contributed by atoms with Crippen LogP contribution < -0.4 is 63.1 Å². The number of benzene rings is 7. The van der Waals surface area contributed by atoms with Crippen molar-refractivity contribution < 1.29 is 71.8 Å². The standard InChI is InChI=1S/C24H24N4O4S.C20H24N4O4S.C19H19N3O4S.C19H21N3O4S.CH4/c1-24(2,15-32-20-10-6-9-18-14-33(30,31)28-22(25)21(18)20)27-23(29)17-11-12-26-19(13-17)16-7-4-3-5-8-16;1-4-15-10-13(8-9-22-15)19(25)23-20(2,3)12-28-16-7-5-6-14-11-29(26,27)24-18(21)17(14)16;20-17-16-14(11-27(24,25)22-17)7-4-8-15(16)26-12-19(9-10-19)21-18(23)13-5-2-1-3-6-13;1-19(2,21-18(23)13-7-4-3-5-8-13)12-26-15-10-6-9-14-11-27(24,25)22-17(20)16(14)15;/h3-13H,14-15H2,1-2H3,(H2,25,28)(H,27,29);5-10H,4,11-12H2,1-3H3,(H2,21,24)(H,23,25);1-8H,9-12H2,(H2,20,22)(H,21,23);3-10H,11-12H2,1-2H3,(H2,20,22)(H,21,23);1H4. The minimum Gasteiger partial charge on any atom is -0.490 e. The largest absolute Gasteiger partial charge is 0.490 e. The fourth-order valence-corrected chi connectivity index (χ4v) is 16.8. The van der Waals surface area contributed by atoms with Crippen LogP contribution in [0.1, 0.15) is 160 Å². The molecule has 5 aliphatic rings. The number of amides is 4. The molecule has 14 rings (SSSR count). The molecule has 0 atom stereocenters. The van der Waals surface area contributed by atoms with Gasteiger partial charge in [0.1, 0.15) is 72.8 Å². The molecule has 0 saturated heterocycles. The molecule has 7 aromatic carbocycles. The van der Waals surface area contributed by atoms with E-state index in [4.69, 9.17) is 41.9 Å². The van der Waals surface area contributed by atoms with E-state index in [0.29, 0.717) is 95.5 Å². The molecule has 34 heteroatoms. The normalized spacial score (nSPS) is 15.8. The summed E-state index contributed by atoms with van der Waals surface area (Å²) in [6.07, 6.45) is 5.60. The van der Waals surface area contributed by atoms with Gasteiger partial charge in [-0.3, -0.25) is 29.1 Å². The topological polar surface area (TPSA) is 469 Å². The zero-order chi connectivity index (χ0) is 83.6. The molecule has 4 amide bonds. The van der Waals surface area contributed by atoms with Crippen molar-refractivity contribution in [2.75, 3.05) is 26.4 Å². The van der Waals surface area contributed by atoms with Crippen molar-refractivity contribution in [3.8, 4) is 34.3 Å². The van der Waals surface area contributed by atoms with Crippen molar-refractivity contribution in [3.05, 3.63) is 273 Å². The molecule has 12 N–H and O–H groups in total. The van der Waals surface area contributed by atoms with Crippen molar-refractivity contribution in [3.63, 3.8) is 0 Å². The number of sulfonamides is 4. The lowest BCUT2D eigenvalue weighted by molar-refractivity contribution is 0.0872. The second kappa shape index (κ2) is 35.8. The first-order chi connectivity index (χ1) is 54.8. The van der Waals surface area contributed by atoms with Crippen LogP contribution in [-0.2, 0) is 69.5 Å². The van der Waals surface area contributed by atoms with Crippen LogP contribution in [0, 0.1) is 0 Å². The van der Waals surface area contributed by atoms with Crippen molar-refractivity contribution in [2.24, 2.45) is 40.5 Å². The molecule has 614 valence electrons. The molecular formula is C83H92N14O16S4. The lowest BCUT2D eigenvalue weighted by Gasteiger charge is -2.27. The van der Waals surface area contributed by atoms with Gasteiger partial charge in [0, 0.05) is 45.9 Å². The summed E-state index contributed by atoms with van der Waals surface area (Å²) in [6, 6.07) is 54.8. The first-order valence-electron chi connectivity index (χ1n) is 36.5. The van der Waals surface area contributed by atoms with Gasteiger partial charge in [0.05, 0.1) is 73.1 Å². The van der Waals surface area contributed by atoms with E-state index in [9.17, 15) is 52.8 Å². The van der Waals surface area contributed by atoms with Gasteiger partial charge in [-0.15, -0.1) is 17.6 Å². The number of aromatic nitrogens is 2. The van der Waals surface area contributed by atoms with Crippen LogP contribution in [0.5, 0.6) is 23.0 Å². The number of fused-ring (bicyclic) bond motifs is 4. The first kappa shape index (κ1) is 87.0. The highest BCUT2D eigenvalue weighted by Gasteiger charge is 2.46. The maximum absolute atomic E-state index is 12.9. The molecule has 4 aliphatic heterocycles. The molecule has 2 aromatic heterocycles. The molecule has 0 spiro atoms. The van der Waals surface area contributed by atoms with Gasteiger partial charge < -0.3 is 63.1 Å². The lowest BCUT2D eigenvalue weighted by Crippen LogP contribution is -2.48. The Balaban J connectivity index is 0.000000165. The van der Waals surface area contributed by atoms with Crippen LogP contribution in [0.3, 0.4) is 0 Å². The van der Waals surface area contributed by atoms with E-state index in [1.165, 1.54) is 0 Å². The Morgan fingerprint density at radius 2 is 0.709 bits per heavy atom. The number of nitrogens with zero attached hydrogens (tertiary/aromatic N) is 6. The minimum absolute atomic E-state index is 0. The molecule has 1 fully saturated rings. The summed E-state index contributed by atoms with van der Waals surface area (Å²) in [7, 11) is -14.4. The molecule has 0 bridgehead atoms. The Hall–Kier alpha value is -12.4. The number of nitrogens with two attached hydrogens (primary N) is 4. The number of carbonyl (C=O) groups excluding carboxylic acids is 4. The number of amidine groups is 4. The van der Waals surface area contributed by atoms with E-state index in [2.05, 4.69) is 48.8 Å². The van der Waals surface area contributed by atoms with E-state index in [0.717, 1.165) is 30.5 Å². The molecule has 117 heavy (non-hydrogen) atoms. The lowest BCUT2D eigenvalue weighted by atomic mass is 10.0. The number of rotatable bonds is 22. The number of ether oxygens (including phenoxy) is 4. The average molecular weight is 1670 g/mol. The van der Waals surface area contributed by atoms with Gasteiger partial charge in [-0.1, -0.05) is 130 Å². The van der Waals surface area contributed by atoms with Crippen LogP contribution in [0.15, 0.2) is 218 Å². The van der Waals surface area contributed by atoms with Crippen LogP contribution >= 0.6 is 0 Å². The predicted octanol–water partition coefficient (Wildman–Crippen LogP) is 8.70. The van der Waals surface area contributed by atoms with Crippen molar-refractivity contribution >= 4 is 87.1 Å². The van der Waals surface area contributed by atoms with Gasteiger partial charge in [0.2, 0.25) is 0 Å². The SMILES string of the molecule is C.CC(C)(COc1cccc2c1C(N)=NS(=O)(=O)C2)NC(=O)c1ccccc1.CC(C)(COc1cccc2c1C(N)=NS(=O)(=O)C2)NC(=O)c1ccnc(-c2ccccc2)c1.CCc1cc(C(=O)NC(C)(C)COc2cccc3c2C(N)=NS(=O)(=O)C3)ccn1.NC1=NS(=O)(=O)Cc2cccc(OCC3(NC(=O)c4ccccc4)CC3)c21. The fraction of sp³-hybridized carbons (Fsp3) is 0.277. The average Bonchev–Trinajstić information content (AvgIpc) is 1.03. The van der Waals surface area contributed by atoms with Crippen LogP contribution in [0.25, 0.3) is 11.3 Å². The monoisotopic (exact) mass is 1670 g/mol. The van der Waals surface area contributed by atoms with Gasteiger partial charge in [-0.2, -0.15) is 0 Å². The van der Waals surface area contributed by atoms with E-state index in [-0.39, 0.29) is 104 Å². The third kappa shape index (κ3) is 23.2. The number of hydrogen-bond donors (Lipinski definition) is 8. The highest BCUT2D eigenvalue weighted by Crippen LogP contribution is 2.39. The Bertz CT molecular complexity index is 5710. The molecule has 30 nitrogen and oxygen atoms in total. The van der Waals surface area contributed by atoms with Crippen molar-refractivity contribution in [1.29, 1.82) is 0 Å². The molecule has 9 aromatic rings. The summed E-state index contributed by atoms with van der Waals surface area (Å²) in [5.41, 5.74) is 29.7. The summed E-state index contributed by atoms with van der Waals surface area (Å²) in [6.45, 7) is 13.7. The number of hydrogen-bond acceptors (Lipinski definition) is 22. The first-order valence-corrected chi connectivity index (χ1v) is 42.9. The maximum atomic E-state index is 12.9. The maximum Gasteiger partial charge on any atom is 0.259 e. The molecule has 1 saturated carbocycles. The van der Waals surface area contributed by atoms with Crippen molar-refractivity contribution in [2.45, 2.75) is 120 Å². The molecule has 1 aliphatic carbocycles. The summed E-state index contributed by atoms with van der Waals surface area (Å²) in [5.74, 6) is -0.268. The Kier molecular flexibility index (Phi) is 26.6. The zero-order valence-corrected chi connectivity index (χ0v) is 67.8. The predicted molar refractivity (Wildman–Crippen MR) is 448 cm³/mol. The second-order valence-electron chi connectivity index (χ2n) is 29.8. The number of nitrogens with one attached hydrogen (secondary N) is 4. The highest BCUT2D eigenvalue weighted by atomic mass is 32.2.